The molecule has 2 fully saturated rings. The molecule has 5 heteroatoms. The number of aryl methyl sites for hydroxylation is 1. The smallest absolute Gasteiger partial charge is 0.244 e. The average molecular weight is 325 g/mol. The second-order valence-corrected chi connectivity index (χ2v) is 8.43. The lowest BCUT2D eigenvalue weighted by molar-refractivity contribution is -0.130. The van der Waals surface area contributed by atoms with Crippen molar-refractivity contribution >= 4 is 29.0 Å². The summed E-state index contributed by atoms with van der Waals surface area (Å²) >= 11 is 3.71. The first-order chi connectivity index (χ1) is 10.2. The van der Waals surface area contributed by atoms with Crippen LogP contribution in [0.2, 0.25) is 0 Å². The first-order valence-corrected chi connectivity index (χ1v) is 10.0. The number of nitrogens with zero attached hydrogens (tertiary/aromatic N) is 1. The normalized spacial score (nSPS) is 23.2. The topological polar surface area (TPSA) is 32.3 Å². The van der Waals surface area contributed by atoms with E-state index in [0.717, 1.165) is 25.8 Å². The SMILES string of the molecule is CSCCCCCN1C(=O)C2(CC2)NC1c1ccc(C)s1. The van der Waals surface area contributed by atoms with Gasteiger partial charge in [0, 0.05) is 16.3 Å². The van der Waals surface area contributed by atoms with E-state index in [1.165, 1.54) is 28.3 Å². The highest BCUT2D eigenvalue weighted by Gasteiger charge is 2.59. The molecule has 21 heavy (non-hydrogen) atoms. The molecule has 2 heterocycles. The third-order valence-electron chi connectivity index (χ3n) is 4.42. The summed E-state index contributed by atoms with van der Waals surface area (Å²) in [5.41, 5.74) is -0.207. The third kappa shape index (κ3) is 3.15. The molecule has 0 aromatic carbocycles. The predicted octanol–water partition coefficient (Wildman–Crippen LogP) is 3.55. The number of hydrogen-bond acceptors (Lipinski definition) is 4. The van der Waals surface area contributed by atoms with E-state index in [-0.39, 0.29) is 11.7 Å². The Morgan fingerprint density at radius 3 is 2.81 bits per heavy atom. The summed E-state index contributed by atoms with van der Waals surface area (Å²) in [5, 5.41) is 3.61. The molecule has 1 aliphatic carbocycles. The quantitative estimate of drug-likeness (QED) is 0.779. The standard InChI is InChI=1S/C16H24N2OS2/c1-12-6-7-13(21-12)14-17-16(8-9-16)15(19)18(14)10-4-3-5-11-20-2/h6-7,14,17H,3-5,8-11H2,1-2H3. The zero-order chi connectivity index (χ0) is 14.9. The molecule has 0 bridgehead atoms. The molecule has 1 saturated carbocycles. The molecule has 1 N–H and O–H groups in total. The number of amides is 1. The van der Waals surface area contributed by atoms with Crippen molar-refractivity contribution < 1.29 is 4.79 Å². The molecule has 2 aliphatic rings. The van der Waals surface area contributed by atoms with Gasteiger partial charge in [0.15, 0.2) is 0 Å². The van der Waals surface area contributed by atoms with Gasteiger partial charge in [-0.25, -0.2) is 0 Å². The minimum atomic E-state index is -0.207. The maximum Gasteiger partial charge on any atom is 0.244 e. The molecule has 1 atom stereocenters. The van der Waals surface area contributed by atoms with Crippen LogP contribution in [0.1, 0.15) is 48.0 Å². The fraction of sp³-hybridized carbons (Fsp3) is 0.688. The number of nitrogens with one attached hydrogen (secondary N) is 1. The van der Waals surface area contributed by atoms with Gasteiger partial charge < -0.3 is 4.90 Å². The van der Waals surface area contributed by atoms with E-state index in [1.807, 2.05) is 11.8 Å². The zero-order valence-corrected chi connectivity index (χ0v) is 14.5. The number of hydrogen-bond donors (Lipinski definition) is 1. The second-order valence-electron chi connectivity index (χ2n) is 6.13. The van der Waals surface area contributed by atoms with Crippen LogP contribution in [-0.2, 0) is 4.79 Å². The van der Waals surface area contributed by atoms with E-state index in [1.54, 1.807) is 11.3 Å². The minimum Gasteiger partial charge on any atom is -0.320 e. The van der Waals surface area contributed by atoms with E-state index in [4.69, 9.17) is 0 Å². The van der Waals surface area contributed by atoms with Crippen molar-refractivity contribution in [3.8, 4) is 0 Å². The van der Waals surface area contributed by atoms with E-state index in [9.17, 15) is 4.79 Å². The lowest BCUT2D eigenvalue weighted by atomic mass is 10.2. The van der Waals surface area contributed by atoms with Gasteiger partial charge in [0.25, 0.3) is 0 Å². The summed E-state index contributed by atoms with van der Waals surface area (Å²) in [4.78, 5) is 17.4. The Labute approximate surface area is 135 Å². The summed E-state index contributed by atoms with van der Waals surface area (Å²) < 4.78 is 0. The van der Waals surface area contributed by atoms with Gasteiger partial charge in [0.05, 0.1) is 0 Å². The van der Waals surface area contributed by atoms with Crippen LogP contribution >= 0.6 is 23.1 Å². The van der Waals surface area contributed by atoms with Crippen LogP contribution in [0.5, 0.6) is 0 Å². The highest BCUT2D eigenvalue weighted by atomic mass is 32.2. The van der Waals surface area contributed by atoms with Gasteiger partial charge in [-0.2, -0.15) is 11.8 Å². The number of thiophene rings is 1. The maximum absolute atomic E-state index is 12.7. The van der Waals surface area contributed by atoms with Gasteiger partial charge >= 0.3 is 0 Å². The van der Waals surface area contributed by atoms with Crippen LogP contribution in [-0.4, -0.2) is 34.9 Å². The largest absolute Gasteiger partial charge is 0.320 e. The predicted molar refractivity (Wildman–Crippen MR) is 90.8 cm³/mol. The van der Waals surface area contributed by atoms with Crippen LogP contribution in [0.4, 0.5) is 0 Å². The molecule has 116 valence electrons. The van der Waals surface area contributed by atoms with Crippen molar-refractivity contribution in [2.75, 3.05) is 18.6 Å². The molecule has 1 saturated heterocycles. The van der Waals surface area contributed by atoms with Gasteiger partial charge in [-0.05, 0) is 56.7 Å². The average Bonchev–Trinajstić information content (AvgIpc) is 3.05. The fourth-order valence-electron chi connectivity index (χ4n) is 3.04. The van der Waals surface area contributed by atoms with Crippen molar-refractivity contribution in [2.24, 2.45) is 0 Å². The summed E-state index contributed by atoms with van der Waals surface area (Å²) in [6.07, 6.45) is 7.87. The number of thioether (sulfide) groups is 1. The molecular weight excluding hydrogens is 300 g/mol. The van der Waals surface area contributed by atoms with Crippen molar-refractivity contribution in [2.45, 2.75) is 50.7 Å². The van der Waals surface area contributed by atoms with E-state index in [2.05, 4.69) is 35.5 Å². The number of unbranched alkanes of at least 4 members (excludes halogenated alkanes) is 2. The van der Waals surface area contributed by atoms with Crippen molar-refractivity contribution in [3.05, 3.63) is 21.9 Å². The molecule has 1 aliphatic heterocycles. The van der Waals surface area contributed by atoms with E-state index < -0.39 is 0 Å². The first-order valence-electron chi connectivity index (χ1n) is 7.80. The highest BCUT2D eigenvalue weighted by molar-refractivity contribution is 7.98. The monoisotopic (exact) mass is 324 g/mol. The summed E-state index contributed by atoms with van der Waals surface area (Å²) in [6, 6.07) is 4.33. The lowest BCUT2D eigenvalue weighted by Crippen LogP contribution is -2.32. The number of rotatable bonds is 7. The van der Waals surface area contributed by atoms with Gasteiger partial charge in [-0.15, -0.1) is 11.3 Å². The van der Waals surface area contributed by atoms with Crippen LogP contribution in [0.15, 0.2) is 12.1 Å². The maximum atomic E-state index is 12.7. The molecule has 1 spiro atoms. The van der Waals surface area contributed by atoms with Crippen molar-refractivity contribution in [1.29, 1.82) is 0 Å². The minimum absolute atomic E-state index is 0.110. The Hall–Kier alpha value is -0.520. The Morgan fingerprint density at radius 1 is 1.38 bits per heavy atom. The number of carbonyl (C=O) groups is 1. The highest BCUT2D eigenvalue weighted by Crippen LogP contribution is 2.46. The fourth-order valence-corrected chi connectivity index (χ4v) is 4.47. The van der Waals surface area contributed by atoms with Gasteiger partial charge in [0.2, 0.25) is 5.91 Å². The molecule has 1 aromatic heterocycles. The zero-order valence-electron chi connectivity index (χ0n) is 12.9. The van der Waals surface area contributed by atoms with Crippen LogP contribution in [0.3, 0.4) is 0 Å². The van der Waals surface area contributed by atoms with Crippen LogP contribution < -0.4 is 5.32 Å². The molecule has 3 nitrogen and oxygen atoms in total. The Morgan fingerprint density at radius 2 is 2.19 bits per heavy atom. The molecular formula is C16H24N2OS2. The van der Waals surface area contributed by atoms with Crippen molar-refractivity contribution in [3.63, 3.8) is 0 Å². The third-order valence-corrected chi connectivity index (χ3v) is 6.17. The molecule has 3 rings (SSSR count). The van der Waals surface area contributed by atoms with Gasteiger partial charge in [-0.3, -0.25) is 10.1 Å². The lowest BCUT2D eigenvalue weighted by Gasteiger charge is -2.23. The summed E-state index contributed by atoms with van der Waals surface area (Å²) in [6.45, 7) is 3.02. The Kier molecular flexibility index (Phi) is 4.62. The summed E-state index contributed by atoms with van der Waals surface area (Å²) in [5.74, 6) is 1.56. The van der Waals surface area contributed by atoms with E-state index in [0.29, 0.717) is 5.91 Å². The van der Waals surface area contributed by atoms with E-state index >= 15 is 0 Å². The van der Waals surface area contributed by atoms with Crippen molar-refractivity contribution in [1.82, 2.24) is 10.2 Å². The molecule has 1 amide bonds. The second kappa shape index (κ2) is 6.31. The number of carbonyl (C=O) groups excluding carboxylic acids is 1. The van der Waals surface area contributed by atoms with Crippen LogP contribution in [0, 0.1) is 6.92 Å². The van der Waals surface area contributed by atoms with Gasteiger partial charge in [0.1, 0.15) is 11.7 Å². The first kappa shape index (κ1) is 15.4. The van der Waals surface area contributed by atoms with Gasteiger partial charge in [-0.1, -0.05) is 6.42 Å². The Balaban J connectivity index is 1.64. The van der Waals surface area contributed by atoms with Crippen LogP contribution in [0.25, 0.3) is 0 Å². The molecule has 1 aromatic rings. The summed E-state index contributed by atoms with van der Waals surface area (Å²) in [7, 11) is 0. The Bertz CT molecular complexity index is 510. The molecule has 1 unspecified atom stereocenters. The molecule has 0 radical (unpaired) electrons.